The van der Waals surface area contributed by atoms with E-state index in [9.17, 15) is 4.79 Å². The third-order valence-corrected chi connectivity index (χ3v) is 2.40. The molecule has 3 nitrogen and oxygen atoms in total. The lowest BCUT2D eigenvalue weighted by Crippen LogP contribution is -2.47. The SMILES string of the molecule is CC(C)(C)NC(=O)[C@@H]1CCC[C@@H]1N. The third kappa shape index (κ3) is 2.99. The molecule has 1 fully saturated rings. The van der Waals surface area contributed by atoms with E-state index in [0.29, 0.717) is 0 Å². The van der Waals surface area contributed by atoms with Crippen molar-refractivity contribution in [1.29, 1.82) is 0 Å². The molecule has 0 radical (unpaired) electrons. The van der Waals surface area contributed by atoms with Gasteiger partial charge in [0.25, 0.3) is 0 Å². The van der Waals surface area contributed by atoms with Gasteiger partial charge in [0.1, 0.15) is 0 Å². The zero-order chi connectivity index (χ0) is 10.1. The standard InChI is InChI=1S/C10H20N2O/c1-10(2,3)12-9(13)7-5-4-6-8(7)11/h7-8H,4-6,11H2,1-3H3,(H,12,13)/t7-,8+/m1/s1. The van der Waals surface area contributed by atoms with Gasteiger partial charge in [0.05, 0.1) is 5.92 Å². The molecule has 1 aliphatic carbocycles. The van der Waals surface area contributed by atoms with Gasteiger partial charge in [-0.3, -0.25) is 4.79 Å². The largest absolute Gasteiger partial charge is 0.351 e. The van der Waals surface area contributed by atoms with Gasteiger partial charge >= 0.3 is 0 Å². The van der Waals surface area contributed by atoms with Crippen molar-refractivity contribution in [3.05, 3.63) is 0 Å². The van der Waals surface area contributed by atoms with E-state index in [1.54, 1.807) is 0 Å². The number of amides is 1. The smallest absolute Gasteiger partial charge is 0.225 e. The van der Waals surface area contributed by atoms with Gasteiger partial charge in [-0.25, -0.2) is 0 Å². The van der Waals surface area contributed by atoms with E-state index in [-0.39, 0.29) is 23.4 Å². The summed E-state index contributed by atoms with van der Waals surface area (Å²) in [7, 11) is 0. The maximum Gasteiger partial charge on any atom is 0.225 e. The van der Waals surface area contributed by atoms with Crippen molar-refractivity contribution < 1.29 is 4.79 Å². The van der Waals surface area contributed by atoms with Gasteiger partial charge in [0, 0.05) is 11.6 Å². The molecule has 0 spiro atoms. The molecule has 1 aliphatic rings. The second kappa shape index (κ2) is 3.66. The highest BCUT2D eigenvalue weighted by atomic mass is 16.2. The van der Waals surface area contributed by atoms with Crippen molar-refractivity contribution in [1.82, 2.24) is 5.32 Å². The van der Waals surface area contributed by atoms with E-state index in [4.69, 9.17) is 5.73 Å². The molecule has 3 heteroatoms. The molecule has 2 atom stereocenters. The number of hydrogen-bond acceptors (Lipinski definition) is 2. The Labute approximate surface area is 80.1 Å². The monoisotopic (exact) mass is 184 g/mol. The summed E-state index contributed by atoms with van der Waals surface area (Å²) in [5.74, 6) is 0.164. The molecule has 0 aromatic rings. The molecule has 0 saturated heterocycles. The van der Waals surface area contributed by atoms with E-state index in [2.05, 4.69) is 5.32 Å². The van der Waals surface area contributed by atoms with E-state index in [1.165, 1.54) is 0 Å². The van der Waals surface area contributed by atoms with Gasteiger partial charge in [0.2, 0.25) is 5.91 Å². The highest BCUT2D eigenvalue weighted by molar-refractivity contribution is 5.80. The van der Waals surface area contributed by atoms with Gasteiger partial charge in [-0.15, -0.1) is 0 Å². The minimum atomic E-state index is -0.139. The molecular formula is C10H20N2O. The lowest BCUT2D eigenvalue weighted by atomic mass is 10.0. The maximum absolute atomic E-state index is 11.7. The summed E-state index contributed by atoms with van der Waals surface area (Å²) in [6.07, 6.45) is 3.02. The van der Waals surface area contributed by atoms with E-state index < -0.39 is 0 Å². The van der Waals surface area contributed by atoms with Crippen molar-refractivity contribution in [2.24, 2.45) is 11.7 Å². The van der Waals surface area contributed by atoms with Gasteiger partial charge in [-0.1, -0.05) is 6.42 Å². The average Bonchev–Trinajstić information content (AvgIpc) is 2.30. The van der Waals surface area contributed by atoms with Gasteiger partial charge in [-0.05, 0) is 33.6 Å². The Kier molecular flexibility index (Phi) is 2.96. The molecule has 0 aromatic heterocycles. The van der Waals surface area contributed by atoms with Crippen molar-refractivity contribution in [2.75, 3.05) is 0 Å². The van der Waals surface area contributed by atoms with Crippen LogP contribution in [-0.4, -0.2) is 17.5 Å². The normalized spacial score (nSPS) is 28.9. The Morgan fingerprint density at radius 3 is 2.38 bits per heavy atom. The van der Waals surface area contributed by atoms with Crippen LogP contribution in [0.5, 0.6) is 0 Å². The van der Waals surface area contributed by atoms with Crippen molar-refractivity contribution >= 4 is 5.91 Å². The number of rotatable bonds is 1. The van der Waals surface area contributed by atoms with E-state index >= 15 is 0 Å². The fourth-order valence-corrected chi connectivity index (χ4v) is 1.78. The lowest BCUT2D eigenvalue weighted by molar-refractivity contribution is -0.126. The Balaban J connectivity index is 2.48. The van der Waals surface area contributed by atoms with Crippen LogP contribution in [0.2, 0.25) is 0 Å². The summed E-state index contributed by atoms with van der Waals surface area (Å²) >= 11 is 0. The molecule has 0 heterocycles. The summed E-state index contributed by atoms with van der Waals surface area (Å²) in [5, 5.41) is 2.97. The predicted molar refractivity (Wildman–Crippen MR) is 53.2 cm³/mol. The Morgan fingerprint density at radius 2 is 2.00 bits per heavy atom. The van der Waals surface area contributed by atoms with Gasteiger partial charge in [0.15, 0.2) is 0 Å². The highest BCUT2D eigenvalue weighted by Crippen LogP contribution is 2.24. The molecular weight excluding hydrogens is 164 g/mol. The summed E-state index contributed by atoms with van der Waals surface area (Å²) in [5.41, 5.74) is 5.70. The highest BCUT2D eigenvalue weighted by Gasteiger charge is 2.31. The van der Waals surface area contributed by atoms with Crippen LogP contribution >= 0.6 is 0 Å². The first kappa shape index (κ1) is 10.5. The van der Waals surface area contributed by atoms with E-state index in [0.717, 1.165) is 19.3 Å². The summed E-state index contributed by atoms with van der Waals surface area (Å²) in [4.78, 5) is 11.7. The first-order valence-corrected chi connectivity index (χ1v) is 4.98. The van der Waals surface area contributed by atoms with Crippen molar-refractivity contribution in [3.8, 4) is 0 Å². The Morgan fingerprint density at radius 1 is 1.38 bits per heavy atom. The Bertz CT molecular complexity index is 196. The molecule has 0 aliphatic heterocycles. The van der Waals surface area contributed by atoms with Crippen LogP contribution in [0.1, 0.15) is 40.0 Å². The predicted octanol–water partition coefficient (Wildman–Crippen LogP) is 1.03. The van der Waals surface area contributed by atoms with Crippen LogP contribution in [-0.2, 0) is 4.79 Å². The number of nitrogens with one attached hydrogen (secondary N) is 1. The average molecular weight is 184 g/mol. The second-order valence-corrected chi connectivity index (χ2v) is 4.94. The fourth-order valence-electron chi connectivity index (χ4n) is 1.78. The van der Waals surface area contributed by atoms with Gasteiger partial charge in [-0.2, -0.15) is 0 Å². The minimum absolute atomic E-state index is 0.0409. The van der Waals surface area contributed by atoms with Crippen LogP contribution in [0.25, 0.3) is 0 Å². The molecule has 13 heavy (non-hydrogen) atoms. The lowest BCUT2D eigenvalue weighted by Gasteiger charge is -2.24. The van der Waals surface area contributed by atoms with E-state index in [1.807, 2.05) is 20.8 Å². The molecule has 0 unspecified atom stereocenters. The summed E-state index contributed by atoms with van der Waals surface area (Å²) in [6.45, 7) is 5.97. The molecule has 1 rings (SSSR count). The quantitative estimate of drug-likeness (QED) is 0.639. The zero-order valence-corrected chi connectivity index (χ0v) is 8.76. The number of carbonyl (C=O) groups excluding carboxylic acids is 1. The number of carbonyl (C=O) groups is 1. The zero-order valence-electron chi connectivity index (χ0n) is 8.76. The molecule has 0 bridgehead atoms. The number of nitrogens with two attached hydrogens (primary N) is 1. The van der Waals surface area contributed by atoms with Crippen LogP contribution in [0.4, 0.5) is 0 Å². The maximum atomic E-state index is 11.7. The fraction of sp³-hybridized carbons (Fsp3) is 0.900. The van der Waals surface area contributed by atoms with Crippen LogP contribution in [0, 0.1) is 5.92 Å². The summed E-state index contributed by atoms with van der Waals surface area (Å²) < 4.78 is 0. The van der Waals surface area contributed by atoms with Crippen molar-refractivity contribution in [2.45, 2.75) is 51.6 Å². The van der Waals surface area contributed by atoms with Crippen LogP contribution in [0.15, 0.2) is 0 Å². The molecule has 1 amide bonds. The number of hydrogen-bond donors (Lipinski definition) is 2. The topological polar surface area (TPSA) is 55.1 Å². The molecule has 3 N–H and O–H groups in total. The Hall–Kier alpha value is -0.570. The van der Waals surface area contributed by atoms with Crippen molar-refractivity contribution in [3.63, 3.8) is 0 Å². The first-order valence-electron chi connectivity index (χ1n) is 4.98. The summed E-state index contributed by atoms with van der Waals surface area (Å²) in [6, 6.07) is 0.0716. The minimum Gasteiger partial charge on any atom is -0.351 e. The third-order valence-electron chi connectivity index (χ3n) is 2.40. The molecule has 76 valence electrons. The van der Waals surface area contributed by atoms with Gasteiger partial charge < -0.3 is 11.1 Å². The molecule has 1 saturated carbocycles. The van der Waals surface area contributed by atoms with Crippen LogP contribution in [0.3, 0.4) is 0 Å². The first-order chi connectivity index (χ1) is 5.90. The van der Waals surface area contributed by atoms with Crippen LogP contribution < -0.4 is 11.1 Å². The molecule has 0 aromatic carbocycles. The second-order valence-electron chi connectivity index (χ2n) is 4.94.